The summed E-state index contributed by atoms with van der Waals surface area (Å²) < 4.78 is 7.00. The Morgan fingerprint density at radius 2 is 1.90 bits per heavy atom. The normalized spacial score (nSPS) is 59.8. The van der Waals surface area contributed by atoms with Crippen LogP contribution in [0.25, 0.3) is 0 Å². The fraction of sp³-hybridized carbons (Fsp3) is 0.926. The number of aliphatic hydroxyl groups is 1. The molecule has 1 spiro atoms. The number of hydrogen-bond donors (Lipinski definition) is 2. The molecule has 30 heavy (non-hydrogen) atoms. The second-order valence-electron chi connectivity index (χ2n) is 12.8. The summed E-state index contributed by atoms with van der Waals surface area (Å²) >= 11 is 0. The first-order valence-electron chi connectivity index (χ1n) is 13.1. The lowest BCUT2D eigenvalue weighted by molar-refractivity contribution is -0.115. The van der Waals surface area contributed by atoms with E-state index in [-0.39, 0.29) is 11.8 Å². The van der Waals surface area contributed by atoms with Crippen molar-refractivity contribution in [2.24, 2.45) is 46.3 Å². The van der Waals surface area contributed by atoms with Crippen molar-refractivity contribution in [3.05, 3.63) is 11.6 Å². The molecule has 3 nitrogen and oxygen atoms in total. The SMILES string of the molecule is C[C@H]1CC[C@]2(NC1)O[C@H]1C[C@H]3[C@@H]4CC=C5C[C@@H](O)CC[C@]5(C)[C@H]4CC[C@]3(C)[C@H]1[C@H]2C. The third kappa shape index (κ3) is 2.55. The van der Waals surface area contributed by atoms with Gasteiger partial charge in [-0.05, 0) is 98.2 Å². The molecule has 0 aromatic rings. The van der Waals surface area contributed by atoms with E-state index in [0.29, 0.717) is 22.9 Å². The Morgan fingerprint density at radius 1 is 1.07 bits per heavy atom. The summed E-state index contributed by atoms with van der Waals surface area (Å²) in [4.78, 5) is 0. The fourth-order valence-corrected chi connectivity index (χ4v) is 9.84. The maximum Gasteiger partial charge on any atom is 0.122 e. The van der Waals surface area contributed by atoms with Gasteiger partial charge in [0.25, 0.3) is 0 Å². The van der Waals surface area contributed by atoms with Crippen LogP contribution in [0.2, 0.25) is 0 Å². The molecule has 11 atom stereocenters. The number of hydrogen-bond acceptors (Lipinski definition) is 3. The molecular formula is C27H43NO2. The largest absolute Gasteiger partial charge is 0.393 e. The van der Waals surface area contributed by atoms with Crippen molar-refractivity contribution in [1.29, 1.82) is 0 Å². The molecule has 3 heteroatoms. The van der Waals surface area contributed by atoms with Crippen molar-refractivity contribution in [3.8, 4) is 0 Å². The van der Waals surface area contributed by atoms with E-state index in [4.69, 9.17) is 4.74 Å². The number of allylic oxidation sites excluding steroid dienone is 1. The van der Waals surface area contributed by atoms with Gasteiger partial charge in [-0.25, -0.2) is 0 Å². The second kappa shape index (κ2) is 6.58. The molecule has 5 fully saturated rings. The predicted molar refractivity (Wildman–Crippen MR) is 120 cm³/mol. The quantitative estimate of drug-likeness (QED) is 0.530. The van der Waals surface area contributed by atoms with Crippen LogP contribution in [0.4, 0.5) is 0 Å². The third-order valence-electron chi connectivity index (χ3n) is 11.6. The van der Waals surface area contributed by atoms with E-state index in [9.17, 15) is 5.11 Å². The zero-order chi connectivity index (χ0) is 20.9. The maximum atomic E-state index is 10.3. The number of ether oxygens (including phenoxy) is 1. The van der Waals surface area contributed by atoms with Gasteiger partial charge >= 0.3 is 0 Å². The molecular weight excluding hydrogens is 370 g/mol. The van der Waals surface area contributed by atoms with Crippen molar-refractivity contribution in [2.45, 2.75) is 103 Å². The summed E-state index contributed by atoms with van der Waals surface area (Å²) in [6.45, 7) is 11.2. The highest BCUT2D eigenvalue weighted by Crippen LogP contribution is 2.70. The Balaban J connectivity index is 1.28. The molecule has 6 rings (SSSR count). The molecule has 0 radical (unpaired) electrons. The average Bonchev–Trinajstić information content (AvgIpc) is 3.16. The van der Waals surface area contributed by atoms with Gasteiger partial charge in [-0.2, -0.15) is 0 Å². The van der Waals surface area contributed by atoms with Gasteiger partial charge in [-0.1, -0.05) is 39.3 Å². The summed E-state index contributed by atoms with van der Waals surface area (Å²) in [6.07, 6.45) is 13.8. The van der Waals surface area contributed by atoms with E-state index in [0.717, 1.165) is 49.0 Å². The van der Waals surface area contributed by atoms with E-state index < -0.39 is 0 Å². The number of fused-ring (bicyclic) bond motifs is 7. The smallest absolute Gasteiger partial charge is 0.122 e. The van der Waals surface area contributed by atoms with Crippen LogP contribution in [0.3, 0.4) is 0 Å². The number of aliphatic hydroxyl groups excluding tert-OH is 1. The van der Waals surface area contributed by atoms with Gasteiger partial charge in [0.1, 0.15) is 5.72 Å². The molecule has 2 heterocycles. The first kappa shape index (κ1) is 20.2. The molecule has 2 N–H and O–H groups in total. The van der Waals surface area contributed by atoms with Gasteiger partial charge in [0.2, 0.25) is 0 Å². The standard InChI is InChI=1S/C27H43NO2/c1-16-7-12-27(28-15-16)17(2)24-23(30-27)14-22-20-6-5-18-13-19(29)8-10-25(18,3)21(20)9-11-26(22,24)4/h5,16-17,19-24,28-29H,6-15H2,1-4H3/t16-,17+,19-,20+,21-,22-,23-,24-,25-,26-,27-/m0/s1. The van der Waals surface area contributed by atoms with E-state index >= 15 is 0 Å². The summed E-state index contributed by atoms with van der Waals surface area (Å²) in [6, 6.07) is 0. The number of nitrogens with one attached hydrogen (secondary N) is 1. The summed E-state index contributed by atoms with van der Waals surface area (Å²) in [7, 11) is 0. The van der Waals surface area contributed by atoms with Crippen LogP contribution in [0.5, 0.6) is 0 Å². The number of piperidine rings is 1. The molecule has 0 aromatic carbocycles. The third-order valence-corrected chi connectivity index (χ3v) is 11.6. The highest BCUT2D eigenvalue weighted by molar-refractivity contribution is 5.26. The van der Waals surface area contributed by atoms with Gasteiger partial charge in [-0.15, -0.1) is 0 Å². The lowest BCUT2D eigenvalue weighted by Crippen LogP contribution is -2.57. The molecule has 2 saturated heterocycles. The molecule has 2 aliphatic heterocycles. The van der Waals surface area contributed by atoms with Gasteiger partial charge in [0.05, 0.1) is 12.2 Å². The van der Waals surface area contributed by atoms with E-state index in [1.165, 1.54) is 44.9 Å². The van der Waals surface area contributed by atoms with Crippen LogP contribution in [0, 0.1) is 46.3 Å². The predicted octanol–water partition coefficient (Wildman–Crippen LogP) is 5.29. The van der Waals surface area contributed by atoms with Crippen LogP contribution in [-0.4, -0.2) is 29.6 Å². The molecule has 0 aromatic heterocycles. The highest BCUT2D eigenvalue weighted by Gasteiger charge is 2.68. The first-order valence-corrected chi connectivity index (χ1v) is 13.1. The fourth-order valence-electron chi connectivity index (χ4n) is 9.84. The molecule has 4 aliphatic carbocycles. The van der Waals surface area contributed by atoms with Crippen LogP contribution in [-0.2, 0) is 4.74 Å². The van der Waals surface area contributed by atoms with Gasteiger partial charge in [0.15, 0.2) is 0 Å². The average molecular weight is 414 g/mol. The Hall–Kier alpha value is -0.380. The van der Waals surface area contributed by atoms with Crippen molar-refractivity contribution in [1.82, 2.24) is 5.32 Å². The van der Waals surface area contributed by atoms with E-state index in [1.54, 1.807) is 5.57 Å². The monoisotopic (exact) mass is 413 g/mol. The van der Waals surface area contributed by atoms with Crippen LogP contribution in [0.15, 0.2) is 11.6 Å². The van der Waals surface area contributed by atoms with E-state index in [1.807, 2.05) is 0 Å². The van der Waals surface area contributed by atoms with Crippen molar-refractivity contribution in [3.63, 3.8) is 0 Å². The molecule has 0 bridgehead atoms. The van der Waals surface area contributed by atoms with Gasteiger partial charge < -0.3 is 9.84 Å². The Bertz CT molecular complexity index is 739. The molecule has 6 aliphatic rings. The lowest BCUT2D eigenvalue weighted by atomic mass is 9.47. The van der Waals surface area contributed by atoms with Crippen molar-refractivity contribution in [2.75, 3.05) is 6.54 Å². The molecule has 0 amide bonds. The summed E-state index contributed by atoms with van der Waals surface area (Å²) in [5, 5.41) is 14.1. The highest BCUT2D eigenvalue weighted by atomic mass is 16.5. The Morgan fingerprint density at radius 3 is 2.67 bits per heavy atom. The minimum Gasteiger partial charge on any atom is -0.393 e. The minimum atomic E-state index is -0.100. The molecule has 168 valence electrons. The number of rotatable bonds is 0. The minimum absolute atomic E-state index is 0.0439. The van der Waals surface area contributed by atoms with Gasteiger partial charge in [0, 0.05) is 12.5 Å². The Kier molecular flexibility index (Phi) is 4.44. The van der Waals surface area contributed by atoms with Crippen LogP contribution >= 0.6 is 0 Å². The summed E-state index contributed by atoms with van der Waals surface area (Å²) in [5.74, 6) is 4.58. The zero-order valence-electron chi connectivity index (χ0n) is 19.6. The van der Waals surface area contributed by atoms with E-state index in [2.05, 4.69) is 39.1 Å². The van der Waals surface area contributed by atoms with Gasteiger partial charge in [-0.3, -0.25) is 5.32 Å². The first-order chi connectivity index (χ1) is 14.3. The van der Waals surface area contributed by atoms with Crippen LogP contribution < -0.4 is 5.32 Å². The maximum absolute atomic E-state index is 10.3. The zero-order valence-corrected chi connectivity index (χ0v) is 19.6. The Labute approximate surface area is 183 Å². The van der Waals surface area contributed by atoms with Crippen molar-refractivity contribution < 1.29 is 9.84 Å². The molecule has 0 unspecified atom stereocenters. The lowest BCUT2D eigenvalue weighted by Gasteiger charge is -2.58. The second-order valence-corrected chi connectivity index (χ2v) is 12.8. The topological polar surface area (TPSA) is 41.5 Å². The summed E-state index contributed by atoms with van der Waals surface area (Å²) in [5.41, 5.74) is 2.33. The van der Waals surface area contributed by atoms with Crippen LogP contribution in [0.1, 0.15) is 85.5 Å². The van der Waals surface area contributed by atoms with Crippen molar-refractivity contribution >= 4 is 0 Å². The molecule has 3 saturated carbocycles.